The minimum absolute atomic E-state index is 0.831. The van der Waals surface area contributed by atoms with E-state index < -0.39 is 0 Å². The Balaban J connectivity index is 2.33. The molecule has 0 aliphatic heterocycles. The summed E-state index contributed by atoms with van der Waals surface area (Å²) < 4.78 is 5.75. The van der Waals surface area contributed by atoms with Gasteiger partial charge in [0.25, 0.3) is 0 Å². The molecule has 0 fully saturated rings. The lowest BCUT2D eigenvalue weighted by molar-refractivity contribution is 0.304. The summed E-state index contributed by atoms with van der Waals surface area (Å²) in [4.78, 5) is 0. The van der Waals surface area contributed by atoms with E-state index in [9.17, 15) is 0 Å². The molecule has 0 aromatic heterocycles. The van der Waals surface area contributed by atoms with Gasteiger partial charge in [0, 0.05) is 5.33 Å². The second-order valence-electron chi connectivity index (χ2n) is 3.87. The average molecular weight is 271 g/mol. The first-order chi connectivity index (χ1) is 7.24. The molecule has 0 atom stereocenters. The molecule has 1 rings (SSSR count). The molecule has 1 aromatic rings. The van der Waals surface area contributed by atoms with Gasteiger partial charge < -0.3 is 4.74 Å². The molecule has 0 heterocycles. The molecule has 0 aliphatic rings. The summed E-state index contributed by atoms with van der Waals surface area (Å²) in [6, 6.07) is 6.34. The van der Waals surface area contributed by atoms with Crippen LogP contribution in [0.4, 0.5) is 0 Å². The van der Waals surface area contributed by atoms with Gasteiger partial charge in [-0.1, -0.05) is 28.1 Å². The number of halogens is 1. The number of unbranched alkanes of at least 4 members (excludes halogenated alkanes) is 2. The molecule has 0 spiro atoms. The number of alkyl halides is 1. The van der Waals surface area contributed by atoms with E-state index in [4.69, 9.17) is 4.74 Å². The van der Waals surface area contributed by atoms with Crippen molar-refractivity contribution < 1.29 is 4.74 Å². The first-order valence-corrected chi connectivity index (χ1v) is 6.62. The molecule has 0 N–H and O–H groups in total. The van der Waals surface area contributed by atoms with Gasteiger partial charge in [-0.2, -0.15) is 0 Å². The molecule has 0 saturated carbocycles. The standard InChI is InChI=1S/C13H19BrO/c1-11-6-7-12(2)13(10-11)15-9-5-3-4-8-14/h6-7,10H,3-5,8-9H2,1-2H3. The van der Waals surface area contributed by atoms with Crippen LogP contribution in [0.5, 0.6) is 5.75 Å². The van der Waals surface area contributed by atoms with E-state index in [0.717, 1.165) is 24.1 Å². The van der Waals surface area contributed by atoms with Crippen LogP contribution >= 0.6 is 15.9 Å². The smallest absolute Gasteiger partial charge is 0.122 e. The second-order valence-corrected chi connectivity index (χ2v) is 4.66. The molecule has 0 saturated heterocycles. The zero-order chi connectivity index (χ0) is 11.1. The van der Waals surface area contributed by atoms with E-state index in [-0.39, 0.29) is 0 Å². The Bertz CT molecular complexity index is 297. The van der Waals surface area contributed by atoms with Gasteiger partial charge in [-0.15, -0.1) is 0 Å². The van der Waals surface area contributed by atoms with Gasteiger partial charge in [-0.05, 0) is 50.3 Å². The van der Waals surface area contributed by atoms with Crippen molar-refractivity contribution >= 4 is 15.9 Å². The number of aryl methyl sites for hydroxylation is 2. The van der Waals surface area contributed by atoms with Gasteiger partial charge in [-0.3, -0.25) is 0 Å². The Morgan fingerprint density at radius 3 is 2.67 bits per heavy atom. The lowest BCUT2D eigenvalue weighted by Gasteiger charge is -2.09. The molecule has 0 aliphatic carbocycles. The lowest BCUT2D eigenvalue weighted by Crippen LogP contribution is -1.99. The van der Waals surface area contributed by atoms with E-state index >= 15 is 0 Å². The first kappa shape index (κ1) is 12.6. The average Bonchev–Trinajstić information content (AvgIpc) is 2.23. The Hall–Kier alpha value is -0.500. The third kappa shape index (κ3) is 4.70. The van der Waals surface area contributed by atoms with Crippen LogP contribution in [0.25, 0.3) is 0 Å². The van der Waals surface area contributed by atoms with Gasteiger partial charge in [0.2, 0.25) is 0 Å². The van der Waals surface area contributed by atoms with Crippen molar-refractivity contribution in [3.63, 3.8) is 0 Å². The van der Waals surface area contributed by atoms with Gasteiger partial charge >= 0.3 is 0 Å². The molecule has 0 unspecified atom stereocenters. The fraction of sp³-hybridized carbons (Fsp3) is 0.538. The van der Waals surface area contributed by atoms with Crippen LogP contribution in [0.1, 0.15) is 30.4 Å². The molecule has 1 aromatic carbocycles. The topological polar surface area (TPSA) is 9.23 Å². The number of rotatable bonds is 6. The Morgan fingerprint density at radius 2 is 1.93 bits per heavy atom. The maximum Gasteiger partial charge on any atom is 0.122 e. The highest BCUT2D eigenvalue weighted by molar-refractivity contribution is 9.09. The predicted octanol–water partition coefficient (Wildman–Crippen LogP) is 4.25. The minimum Gasteiger partial charge on any atom is -0.493 e. The summed E-state index contributed by atoms with van der Waals surface area (Å²) >= 11 is 3.43. The van der Waals surface area contributed by atoms with Crippen LogP contribution in [0.15, 0.2) is 18.2 Å². The van der Waals surface area contributed by atoms with Crippen LogP contribution in [0.2, 0.25) is 0 Å². The normalized spacial score (nSPS) is 10.3. The van der Waals surface area contributed by atoms with E-state index in [1.165, 1.54) is 24.0 Å². The lowest BCUT2D eigenvalue weighted by atomic mass is 10.1. The summed E-state index contributed by atoms with van der Waals surface area (Å²) in [7, 11) is 0. The molecule has 15 heavy (non-hydrogen) atoms. The highest BCUT2D eigenvalue weighted by Crippen LogP contribution is 2.19. The van der Waals surface area contributed by atoms with Gasteiger partial charge in [-0.25, -0.2) is 0 Å². The number of benzene rings is 1. The maximum atomic E-state index is 5.75. The summed E-state index contributed by atoms with van der Waals surface area (Å²) in [6.07, 6.45) is 3.60. The third-order valence-electron chi connectivity index (χ3n) is 2.38. The first-order valence-electron chi connectivity index (χ1n) is 5.50. The second kappa shape index (κ2) is 6.89. The number of hydrogen-bond acceptors (Lipinski definition) is 1. The Morgan fingerprint density at radius 1 is 1.13 bits per heavy atom. The molecular weight excluding hydrogens is 252 g/mol. The van der Waals surface area contributed by atoms with Gasteiger partial charge in [0.15, 0.2) is 0 Å². The fourth-order valence-corrected chi connectivity index (χ4v) is 1.81. The molecule has 0 radical (unpaired) electrons. The van der Waals surface area contributed by atoms with E-state index in [1.807, 2.05) is 0 Å². The number of ether oxygens (including phenoxy) is 1. The van der Waals surface area contributed by atoms with E-state index in [2.05, 4.69) is 48.0 Å². The molecule has 84 valence electrons. The molecule has 0 amide bonds. The highest BCUT2D eigenvalue weighted by Gasteiger charge is 1.99. The van der Waals surface area contributed by atoms with Gasteiger partial charge in [0.1, 0.15) is 5.75 Å². The summed E-state index contributed by atoms with van der Waals surface area (Å²) in [6.45, 7) is 5.02. The third-order valence-corrected chi connectivity index (χ3v) is 2.94. The SMILES string of the molecule is Cc1ccc(C)c(OCCCCCBr)c1. The highest BCUT2D eigenvalue weighted by atomic mass is 79.9. The molecular formula is C13H19BrO. The van der Waals surface area contributed by atoms with Crippen LogP contribution in [-0.4, -0.2) is 11.9 Å². The molecule has 1 nitrogen and oxygen atoms in total. The van der Waals surface area contributed by atoms with Gasteiger partial charge in [0.05, 0.1) is 6.61 Å². The Kier molecular flexibility index (Phi) is 5.77. The molecule has 0 bridgehead atoms. The maximum absolute atomic E-state index is 5.75. The van der Waals surface area contributed by atoms with E-state index in [0.29, 0.717) is 0 Å². The van der Waals surface area contributed by atoms with Crippen molar-refractivity contribution in [1.29, 1.82) is 0 Å². The van der Waals surface area contributed by atoms with Crippen molar-refractivity contribution in [1.82, 2.24) is 0 Å². The van der Waals surface area contributed by atoms with Crippen molar-refractivity contribution in [2.75, 3.05) is 11.9 Å². The van der Waals surface area contributed by atoms with Crippen LogP contribution in [0, 0.1) is 13.8 Å². The molecule has 2 heteroatoms. The largest absolute Gasteiger partial charge is 0.493 e. The minimum atomic E-state index is 0.831. The van der Waals surface area contributed by atoms with Crippen molar-refractivity contribution in [2.24, 2.45) is 0 Å². The van der Waals surface area contributed by atoms with Crippen LogP contribution in [0.3, 0.4) is 0 Å². The zero-order valence-corrected chi connectivity index (χ0v) is 11.1. The van der Waals surface area contributed by atoms with Crippen molar-refractivity contribution in [2.45, 2.75) is 33.1 Å². The van der Waals surface area contributed by atoms with E-state index in [1.54, 1.807) is 0 Å². The Labute approximate surface area is 101 Å². The van der Waals surface area contributed by atoms with Crippen LogP contribution in [-0.2, 0) is 0 Å². The van der Waals surface area contributed by atoms with Crippen LogP contribution < -0.4 is 4.74 Å². The predicted molar refractivity (Wildman–Crippen MR) is 69.1 cm³/mol. The summed E-state index contributed by atoms with van der Waals surface area (Å²) in [5, 5.41) is 1.09. The summed E-state index contributed by atoms with van der Waals surface area (Å²) in [5.74, 6) is 1.04. The zero-order valence-electron chi connectivity index (χ0n) is 9.55. The van der Waals surface area contributed by atoms with Crippen molar-refractivity contribution in [3.8, 4) is 5.75 Å². The fourth-order valence-electron chi connectivity index (χ4n) is 1.42. The summed E-state index contributed by atoms with van der Waals surface area (Å²) in [5.41, 5.74) is 2.48. The monoisotopic (exact) mass is 270 g/mol. The van der Waals surface area contributed by atoms with Crippen molar-refractivity contribution in [3.05, 3.63) is 29.3 Å². The quantitative estimate of drug-likeness (QED) is 0.555. The number of hydrogen-bond donors (Lipinski definition) is 0.